The summed E-state index contributed by atoms with van der Waals surface area (Å²) in [6.45, 7) is 10.4. The minimum Gasteiger partial charge on any atom is -0.378 e. The quantitative estimate of drug-likeness (QED) is 0.757. The molecule has 0 radical (unpaired) electrons. The van der Waals surface area contributed by atoms with Crippen LogP contribution in [-0.2, 0) is 9.53 Å². The summed E-state index contributed by atoms with van der Waals surface area (Å²) < 4.78 is 5.43. The van der Waals surface area contributed by atoms with Gasteiger partial charge in [0.2, 0.25) is 5.91 Å². The van der Waals surface area contributed by atoms with E-state index in [4.69, 9.17) is 10.5 Å². The van der Waals surface area contributed by atoms with Crippen molar-refractivity contribution >= 4 is 5.91 Å². The molecular weight excluding hydrogens is 230 g/mol. The van der Waals surface area contributed by atoms with Gasteiger partial charge in [0.15, 0.2) is 0 Å². The molecule has 5 nitrogen and oxygen atoms in total. The molecule has 0 aromatic heterocycles. The molecule has 3 N–H and O–H groups in total. The lowest BCUT2D eigenvalue weighted by atomic mass is 9.81. The van der Waals surface area contributed by atoms with Crippen LogP contribution in [0.2, 0.25) is 0 Å². The van der Waals surface area contributed by atoms with Gasteiger partial charge in [0.05, 0.1) is 13.2 Å². The largest absolute Gasteiger partial charge is 0.378 e. The second kappa shape index (κ2) is 5.99. The number of carbonyl (C=O) groups is 1. The molecule has 0 saturated carbocycles. The number of likely N-dealkylation sites (N-methyl/N-ethyl adjacent to an activating group) is 1. The Morgan fingerprint density at radius 3 is 2.56 bits per heavy atom. The summed E-state index contributed by atoms with van der Waals surface area (Å²) in [5, 5.41) is 2.71. The molecule has 1 aliphatic rings. The van der Waals surface area contributed by atoms with Crippen molar-refractivity contribution in [3.8, 4) is 0 Å². The molecule has 0 aromatic rings. The summed E-state index contributed by atoms with van der Waals surface area (Å²) in [4.78, 5) is 14.2. The third-order valence-electron chi connectivity index (χ3n) is 3.46. The minimum atomic E-state index is -0.237. The normalized spacial score (nSPS) is 25.6. The van der Waals surface area contributed by atoms with Gasteiger partial charge in [0, 0.05) is 25.7 Å². The highest BCUT2D eigenvalue weighted by atomic mass is 16.5. The SMILES string of the molecule is CNC(=O)C1COCCN1C(C(C)N)C(C)(C)C. The lowest BCUT2D eigenvalue weighted by molar-refractivity contribution is -0.137. The molecule has 1 saturated heterocycles. The van der Waals surface area contributed by atoms with Crippen LogP contribution >= 0.6 is 0 Å². The van der Waals surface area contributed by atoms with Crippen LogP contribution in [0.5, 0.6) is 0 Å². The van der Waals surface area contributed by atoms with Crippen LogP contribution in [0.3, 0.4) is 0 Å². The maximum absolute atomic E-state index is 12.0. The molecule has 0 aromatic carbocycles. The van der Waals surface area contributed by atoms with E-state index < -0.39 is 0 Å². The molecule has 0 spiro atoms. The molecule has 0 bridgehead atoms. The second-order valence-corrected chi connectivity index (χ2v) is 6.11. The van der Waals surface area contributed by atoms with E-state index in [0.717, 1.165) is 6.54 Å². The fourth-order valence-corrected chi connectivity index (χ4v) is 2.93. The van der Waals surface area contributed by atoms with Crippen molar-refractivity contribution in [1.29, 1.82) is 0 Å². The van der Waals surface area contributed by atoms with E-state index in [-0.39, 0.29) is 29.4 Å². The first-order valence-electron chi connectivity index (χ1n) is 6.59. The van der Waals surface area contributed by atoms with Gasteiger partial charge in [-0.2, -0.15) is 0 Å². The van der Waals surface area contributed by atoms with E-state index in [1.807, 2.05) is 6.92 Å². The Hall–Kier alpha value is -0.650. The van der Waals surface area contributed by atoms with E-state index in [2.05, 4.69) is 31.0 Å². The van der Waals surface area contributed by atoms with Gasteiger partial charge in [0.1, 0.15) is 6.04 Å². The standard InChI is InChI=1S/C13H27N3O2/c1-9(14)11(13(2,3)4)16-6-7-18-8-10(16)12(17)15-5/h9-11H,6-8,14H2,1-5H3,(H,15,17). The monoisotopic (exact) mass is 257 g/mol. The van der Waals surface area contributed by atoms with Crippen LogP contribution in [0.4, 0.5) is 0 Å². The molecule has 0 aliphatic carbocycles. The summed E-state index contributed by atoms with van der Waals surface area (Å²) in [6.07, 6.45) is 0. The summed E-state index contributed by atoms with van der Waals surface area (Å²) in [5.41, 5.74) is 6.17. The smallest absolute Gasteiger partial charge is 0.239 e. The van der Waals surface area contributed by atoms with E-state index in [0.29, 0.717) is 13.2 Å². The Bertz CT molecular complexity index is 286. The zero-order valence-corrected chi connectivity index (χ0v) is 12.2. The van der Waals surface area contributed by atoms with Gasteiger partial charge < -0.3 is 15.8 Å². The van der Waals surface area contributed by atoms with Crippen molar-refractivity contribution < 1.29 is 9.53 Å². The number of nitrogens with one attached hydrogen (secondary N) is 1. The van der Waals surface area contributed by atoms with Gasteiger partial charge in [-0.1, -0.05) is 20.8 Å². The summed E-state index contributed by atoms with van der Waals surface area (Å²) in [6, 6.07) is -0.0714. The van der Waals surface area contributed by atoms with Gasteiger partial charge in [-0.15, -0.1) is 0 Å². The van der Waals surface area contributed by atoms with Gasteiger partial charge in [0.25, 0.3) is 0 Å². The highest BCUT2D eigenvalue weighted by Gasteiger charge is 2.40. The maximum atomic E-state index is 12.0. The Morgan fingerprint density at radius 1 is 1.50 bits per heavy atom. The van der Waals surface area contributed by atoms with Crippen molar-refractivity contribution in [2.24, 2.45) is 11.1 Å². The van der Waals surface area contributed by atoms with Crippen molar-refractivity contribution in [1.82, 2.24) is 10.2 Å². The van der Waals surface area contributed by atoms with E-state index >= 15 is 0 Å². The average molecular weight is 257 g/mol. The van der Waals surface area contributed by atoms with Crippen molar-refractivity contribution in [3.05, 3.63) is 0 Å². The van der Waals surface area contributed by atoms with E-state index in [1.54, 1.807) is 7.05 Å². The first kappa shape index (κ1) is 15.4. The second-order valence-electron chi connectivity index (χ2n) is 6.11. The number of nitrogens with two attached hydrogens (primary N) is 1. The predicted octanol–water partition coefficient (Wildman–Crippen LogP) is 0.195. The molecule has 18 heavy (non-hydrogen) atoms. The van der Waals surface area contributed by atoms with Crippen LogP contribution in [0.1, 0.15) is 27.7 Å². The van der Waals surface area contributed by atoms with Crippen LogP contribution in [0.15, 0.2) is 0 Å². The summed E-state index contributed by atoms with van der Waals surface area (Å²) >= 11 is 0. The number of rotatable bonds is 3. The first-order valence-corrected chi connectivity index (χ1v) is 6.59. The molecule has 1 aliphatic heterocycles. The minimum absolute atomic E-state index is 0.00426. The van der Waals surface area contributed by atoms with Gasteiger partial charge in [-0.3, -0.25) is 9.69 Å². The third-order valence-corrected chi connectivity index (χ3v) is 3.46. The first-order chi connectivity index (χ1) is 8.29. The predicted molar refractivity (Wildman–Crippen MR) is 72.3 cm³/mol. The highest BCUT2D eigenvalue weighted by Crippen LogP contribution is 2.29. The van der Waals surface area contributed by atoms with E-state index in [9.17, 15) is 4.79 Å². The Kier molecular flexibility index (Phi) is 5.13. The molecule has 1 fully saturated rings. The fraction of sp³-hybridized carbons (Fsp3) is 0.923. The topological polar surface area (TPSA) is 67.6 Å². The fourth-order valence-electron chi connectivity index (χ4n) is 2.93. The molecule has 106 valence electrons. The van der Waals surface area contributed by atoms with Crippen LogP contribution in [0.25, 0.3) is 0 Å². The molecular formula is C13H27N3O2. The zero-order valence-electron chi connectivity index (χ0n) is 12.2. The molecule has 1 heterocycles. The van der Waals surface area contributed by atoms with Crippen LogP contribution in [0, 0.1) is 5.41 Å². The van der Waals surface area contributed by atoms with Crippen LogP contribution < -0.4 is 11.1 Å². The number of hydrogen-bond acceptors (Lipinski definition) is 4. The van der Waals surface area contributed by atoms with Crippen molar-refractivity contribution in [2.75, 3.05) is 26.8 Å². The third kappa shape index (κ3) is 3.43. The van der Waals surface area contributed by atoms with Gasteiger partial charge in [-0.05, 0) is 12.3 Å². The highest BCUT2D eigenvalue weighted by molar-refractivity contribution is 5.81. The number of carbonyl (C=O) groups excluding carboxylic acids is 1. The average Bonchev–Trinajstić information content (AvgIpc) is 2.26. The maximum Gasteiger partial charge on any atom is 0.239 e. The van der Waals surface area contributed by atoms with Crippen molar-refractivity contribution in [2.45, 2.75) is 45.8 Å². The van der Waals surface area contributed by atoms with Crippen LogP contribution in [-0.4, -0.2) is 55.7 Å². The number of ether oxygens (including phenoxy) is 1. The van der Waals surface area contributed by atoms with Gasteiger partial charge in [-0.25, -0.2) is 0 Å². The summed E-state index contributed by atoms with van der Waals surface area (Å²) in [7, 11) is 1.66. The molecule has 5 heteroatoms. The molecule has 3 atom stereocenters. The molecule has 1 amide bonds. The van der Waals surface area contributed by atoms with Crippen molar-refractivity contribution in [3.63, 3.8) is 0 Å². The molecule has 3 unspecified atom stereocenters. The molecule has 1 rings (SSSR count). The number of hydrogen-bond donors (Lipinski definition) is 2. The number of morpholine rings is 1. The Labute approximate surface area is 110 Å². The Morgan fingerprint density at radius 2 is 2.11 bits per heavy atom. The lowest BCUT2D eigenvalue weighted by Crippen LogP contribution is -2.63. The summed E-state index contributed by atoms with van der Waals surface area (Å²) in [5.74, 6) is 0.00426. The van der Waals surface area contributed by atoms with E-state index in [1.165, 1.54) is 0 Å². The number of nitrogens with zero attached hydrogens (tertiary/aromatic N) is 1. The zero-order chi connectivity index (χ0) is 13.9. The number of amides is 1. The van der Waals surface area contributed by atoms with Gasteiger partial charge >= 0.3 is 0 Å². The Balaban J connectivity index is 2.96. The lowest BCUT2D eigenvalue weighted by Gasteiger charge is -2.47.